The summed E-state index contributed by atoms with van der Waals surface area (Å²) in [6.45, 7) is 0. The van der Waals surface area contributed by atoms with E-state index in [4.69, 9.17) is 0 Å². The number of hydrogen-bond donors (Lipinski definition) is 1. The molecule has 0 aliphatic heterocycles. The molecule has 13 heavy (non-hydrogen) atoms. The lowest BCUT2D eigenvalue weighted by Gasteiger charge is -2.01. The van der Waals surface area contributed by atoms with Gasteiger partial charge in [-0.15, -0.1) is 0 Å². The van der Waals surface area contributed by atoms with Crippen LogP contribution >= 0.6 is 12.2 Å². The maximum Gasteiger partial charge on any atom is 0.235 e. The van der Waals surface area contributed by atoms with Gasteiger partial charge in [0.1, 0.15) is 12.2 Å². The van der Waals surface area contributed by atoms with Crippen LogP contribution in [-0.2, 0) is 15.4 Å². The Balaban J connectivity index is 2.37. The number of amides is 1. The predicted molar refractivity (Wildman–Crippen MR) is 52.9 cm³/mol. The van der Waals surface area contributed by atoms with Crippen LogP contribution in [0, 0.1) is 0 Å². The minimum atomic E-state index is -0.0574. The highest BCUT2D eigenvalue weighted by atomic mass is 32.2. The van der Waals surface area contributed by atoms with Crippen molar-refractivity contribution in [2.45, 2.75) is 6.42 Å². The van der Waals surface area contributed by atoms with Crippen molar-refractivity contribution < 1.29 is 8.98 Å². The third kappa shape index (κ3) is 3.96. The summed E-state index contributed by atoms with van der Waals surface area (Å²) in [5.74, 6) is -0.0574. The molecule has 0 saturated heterocycles. The van der Waals surface area contributed by atoms with E-state index in [1.165, 1.54) is 7.11 Å². The molecule has 0 aromatic heterocycles. The first-order valence-corrected chi connectivity index (χ1v) is 4.59. The molecule has 70 valence electrons. The first-order chi connectivity index (χ1) is 6.33. The molecule has 1 aromatic rings. The minimum Gasteiger partial charge on any atom is -0.300 e. The fourth-order valence-corrected chi connectivity index (χ4v) is 1.15. The van der Waals surface area contributed by atoms with Gasteiger partial charge in [-0.05, 0) is 5.56 Å². The van der Waals surface area contributed by atoms with E-state index >= 15 is 0 Å². The highest BCUT2D eigenvalue weighted by Crippen LogP contribution is 2.00. The molecule has 0 saturated carbocycles. The van der Waals surface area contributed by atoms with E-state index < -0.39 is 0 Å². The average Bonchev–Trinajstić information content (AvgIpc) is 2.16. The number of carbonyl (C=O) groups excluding carboxylic acids is 1. The molecule has 1 amide bonds. The SMILES string of the molecule is COSNC(=O)Cc1ccccc1. The highest BCUT2D eigenvalue weighted by Gasteiger charge is 2.01. The molecule has 0 fully saturated rings. The van der Waals surface area contributed by atoms with Crippen molar-refractivity contribution >= 4 is 18.1 Å². The second-order valence-electron chi connectivity index (χ2n) is 2.44. The summed E-state index contributed by atoms with van der Waals surface area (Å²) in [5.41, 5.74) is 0.997. The Kier molecular flexibility index (Phi) is 4.35. The minimum absolute atomic E-state index is 0.0574. The molecular formula is C9H11NO2S. The largest absolute Gasteiger partial charge is 0.300 e. The number of rotatable bonds is 4. The Morgan fingerprint density at radius 3 is 2.77 bits per heavy atom. The number of nitrogens with one attached hydrogen (secondary N) is 1. The van der Waals surface area contributed by atoms with Gasteiger partial charge < -0.3 is 4.18 Å². The molecule has 0 unspecified atom stereocenters. The molecule has 0 bridgehead atoms. The fraction of sp³-hybridized carbons (Fsp3) is 0.222. The van der Waals surface area contributed by atoms with Crippen LogP contribution in [0.3, 0.4) is 0 Å². The Labute approximate surface area is 81.8 Å². The Morgan fingerprint density at radius 2 is 2.15 bits per heavy atom. The van der Waals surface area contributed by atoms with Crippen molar-refractivity contribution in [2.24, 2.45) is 0 Å². The molecular weight excluding hydrogens is 186 g/mol. The van der Waals surface area contributed by atoms with Crippen molar-refractivity contribution in [2.75, 3.05) is 7.11 Å². The van der Waals surface area contributed by atoms with E-state index in [0.29, 0.717) is 6.42 Å². The lowest BCUT2D eigenvalue weighted by atomic mass is 10.1. The normalized spacial score (nSPS) is 9.62. The van der Waals surface area contributed by atoms with Gasteiger partial charge in [0, 0.05) is 0 Å². The second-order valence-corrected chi connectivity index (χ2v) is 3.14. The molecule has 1 rings (SSSR count). The summed E-state index contributed by atoms with van der Waals surface area (Å²) in [6.07, 6.45) is 0.386. The van der Waals surface area contributed by atoms with Crippen LogP contribution < -0.4 is 4.72 Å². The molecule has 3 nitrogen and oxygen atoms in total. The number of carbonyl (C=O) groups is 1. The van der Waals surface area contributed by atoms with Crippen LogP contribution in [0.5, 0.6) is 0 Å². The van der Waals surface area contributed by atoms with E-state index in [-0.39, 0.29) is 5.91 Å². The zero-order valence-corrected chi connectivity index (χ0v) is 8.14. The third-order valence-electron chi connectivity index (χ3n) is 1.45. The molecule has 0 aliphatic rings. The van der Waals surface area contributed by atoms with Crippen LogP contribution in [0.4, 0.5) is 0 Å². The zero-order valence-electron chi connectivity index (χ0n) is 7.32. The number of benzene rings is 1. The standard InChI is InChI=1S/C9H11NO2S/c1-12-13-10-9(11)7-8-5-3-2-4-6-8/h2-6H,7H2,1H3,(H,10,11). The van der Waals surface area contributed by atoms with Gasteiger partial charge in [0.25, 0.3) is 0 Å². The summed E-state index contributed by atoms with van der Waals surface area (Å²) >= 11 is 0.936. The zero-order chi connectivity index (χ0) is 9.52. The summed E-state index contributed by atoms with van der Waals surface area (Å²) < 4.78 is 7.17. The van der Waals surface area contributed by atoms with Crippen molar-refractivity contribution in [3.8, 4) is 0 Å². The molecule has 1 N–H and O–H groups in total. The van der Waals surface area contributed by atoms with E-state index in [9.17, 15) is 4.79 Å². The van der Waals surface area contributed by atoms with E-state index in [1.54, 1.807) is 0 Å². The van der Waals surface area contributed by atoms with Crippen molar-refractivity contribution in [1.82, 2.24) is 4.72 Å². The number of hydrogen-bond acceptors (Lipinski definition) is 3. The molecule has 0 spiro atoms. The highest BCUT2D eigenvalue weighted by molar-refractivity contribution is 7.93. The molecule has 1 aromatic carbocycles. The van der Waals surface area contributed by atoms with Gasteiger partial charge in [0.05, 0.1) is 13.5 Å². The van der Waals surface area contributed by atoms with Gasteiger partial charge in [-0.25, -0.2) is 0 Å². The van der Waals surface area contributed by atoms with Crippen molar-refractivity contribution in [3.05, 3.63) is 35.9 Å². The first kappa shape index (κ1) is 10.1. The predicted octanol–water partition coefficient (Wildman–Crippen LogP) is 1.55. The maximum absolute atomic E-state index is 11.2. The molecule has 0 heterocycles. The van der Waals surface area contributed by atoms with Gasteiger partial charge >= 0.3 is 0 Å². The van der Waals surface area contributed by atoms with Gasteiger partial charge in [0.15, 0.2) is 0 Å². The van der Waals surface area contributed by atoms with Gasteiger partial charge in [-0.2, -0.15) is 0 Å². The monoisotopic (exact) mass is 197 g/mol. The van der Waals surface area contributed by atoms with Crippen LogP contribution in [0.2, 0.25) is 0 Å². The third-order valence-corrected chi connectivity index (χ3v) is 1.92. The Hall–Kier alpha value is -1.00. The van der Waals surface area contributed by atoms with E-state index in [0.717, 1.165) is 17.8 Å². The summed E-state index contributed by atoms with van der Waals surface area (Å²) in [6, 6.07) is 9.57. The molecule has 0 radical (unpaired) electrons. The van der Waals surface area contributed by atoms with E-state index in [2.05, 4.69) is 8.91 Å². The van der Waals surface area contributed by atoms with Crippen LogP contribution in [0.15, 0.2) is 30.3 Å². The van der Waals surface area contributed by atoms with E-state index in [1.807, 2.05) is 30.3 Å². The van der Waals surface area contributed by atoms with Crippen molar-refractivity contribution in [1.29, 1.82) is 0 Å². The van der Waals surface area contributed by atoms with Crippen LogP contribution in [-0.4, -0.2) is 13.0 Å². The first-order valence-electron chi connectivity index (χ1n) is 3.85. The molecule has 0 atom stereocenters. The fourth-order valence-electron chi connectivity index (χ4n) is 0.905. The lowest BCUT2D eigenvalue weighted by Crippen LogP contribution is -2.17. The topological polar surface area (TPSA) is 38.3 Å². The van der Waals surface area contributed by atoms with Gasteiger partial charge in [-0.1, -0.05) is 30.3 Å². The van der Waals surface area contributed by atoms with Gasteiger partial charge in [-0.3, -0.25) is 9.52 Å². The Morgan fingerprint density at radius 1 is 1.46 bits per heavy atom. The van der Waals surface area contributed by atoms with Crippen LogP contribution in [0.1, 0.15) is 5.56 Å². The van der Waals surface area contributed by atoms with Gasteiger partial charge in [0.2, 0.25) is 5.91 Å². The smallest absolute Gasteiger partial charge is 0.235 e. The van der Waals surface area contributed by atoms with Crippen molar-refractivity contribution in [3.63, 3.8) is 0 Å². The second kappa shape index (κ2) is 5.61. The Bertz CT molecular complexity index is 264. The summed E-state index contributed by atoms with van der Waals surface area (Å²) in [5, 5.41) is 0. The average molecular weight is 197 g/mol. The molecule has 4 heteroatoms. The quantitative estimate of drug-likeness (QED) is 0.588. The molecule has 0 aliphatic carbocycles. The summed E-state index contributed by atoms with van der Waals surface area (Å²) in [7, 11) is 1.51. The lowest BCUT2D eigenvalue weighted by molar-refractivity contribution is -0.118. The maximum atomic E-state index is 11.2. The summed E-state index contributed by atoms with van der Waals surface area (Å²) in [4.78, 5) is 11.2. The van der Waals surface area contributed by atoms with Crippen LogP contribution in [0.25, 0.3) is 0 Å².